The second-order valence-electron chi connectivity index (χ2n) is 4.54. The maximum absolute atomic E-state index is 12.1. The third kappa shape index (κ3) is 3.45. The second kappa shape index (κ2) is 6.54. The number of carbonyl (C=O) groups excluding carboxylic acids is 1. The summed E-state index contributed by atoms with van der Waals surface area (Å²) in [6.07, 6.45) is -0.411. The van der Waals surface area contributed by atoms with Crippen molar-refractivity contribution in [3.05, 3.63) is 29.8 Å². The maximum atomic E-state index is 12.1. The van der Waals surface area contributed by atoms with Gasteiger partial charge in [-0.2, -0.15) is 0 Å². The first-order valence-electron chi connectivity index (χ1n) is 6.48. The molecule has 1 aliphatic heterocycles. The lowest BCUT2D eigenvalue weighted by Gasteiger charge is -2.25. The Bertz CT molecular complexity index is 430. The molecule has 0 bridgehead atoms. The molecule has 1 heterocycles. The van der Waals surface area contributed by atoms with E-state index in [4.69, 9.17) is 9.47 Å². The molecule has 2 N–H and O–H groups in total. The smallest absolute Gasteiger partial charge is 0.250 e. The molecule has 1 fully saturated rings. The largest absolute Gasteiger partial charge is 0.496 e. The van der Waals surface area contributed by atoms with Crippen LogP contribution in [0.4, 0.5) is 0 Å². The van der Waals surface area contributed by atoms with Crippen LogP contribution in [0, 0.1) is 0 Å². The zero-order chi connectivity index (χ0) is 13.7. The van der Waals surface area contributed by atoms with E-state index in [1.807, 2.05) is 31.2 Å². The van der Waals surface area contributed by atoms with E-state index in [9.17, 15) is 4.79 Å². The summed E-state index contributed by atoms with van der Waals surface area (Å²) in [4.78, 5) is 12.1. The number of ether oxygens (including phenoxy) is 2. The van der Waals surface area contributed by atoms with E-state index in [0.717, 1.165) is 17.9 Å². The van der Waals surface area contributed by atoms with Gasteiger partial charge in [-0.25, -0.2) is 0 Å². The first-order valence-corrected chi connectivity index (χ1v) is 6.48. The molecular weight excluding hydrogens is 244 g/mol. The predicted octanol–water partition coefficient (Wildman–Crippen LogP) is 0.861. The van der Waals surface area contributed by atoms with Crippen LogP contribution in [-0.4, -0.2) is 38.8 Å². The molecule has 19 heavy (non-hydrogen) atoms. The molecule has 1 aromatic rings. The number of methoxy groups -OCH3 is 1. The third-order valence-corrected chi connectivity index (χ3v) is 3.18. The van der Waals surface area contributed by atoms with E-state index in [0.29, 0.717) is 13.2 Å². The average molecular weight is 264 g/mol. The van der Waals surface area contributed by atoms with Gasteiger partial charge in [0.15, 0.2) is 0 Å². The Kier molecular flexibility index (Phi) is 4.76. The van der Waals surface area contributed by atoms with Gasteiger partial charge in [0, 0.05) is 18.7 Å². The second-order valence-corrected chi connectivity index (χ2v) is 4.54. The molecule has 0 aromatic heterocycles. The van der Waals surface area contributed by atoms with Gasteiger partial charge in [-0.1, -0.05) is 18.2 Å². The summed E-state index contributed by atoms with van der Waals surface area (Å²) in [7, 11) is 1.63. The van der Waals surface area contributed by atoms with Gasteiger partial charge in [0.2, 0.25) is 0 Å². The summed E-state index contributed by atoms with van der Waals surface area (Å²) < 4.78 is 10.7. The van der Waals surface area contributed by atoms with Crippen molar-refractivity contribution in [1.82, 2.24) is 10.6 Å². The standard InChI is InChI=1S/C14H20N2O3/c1-10(11-5-3-4-6-12(11)18-2)16-14(17)13-9-15-7-8-19-13/h3-6,10,13,15H,7-9H2,1-2H3,(H,16,17)/t10-,13?/m0/s1. The van der Waals surface area contributed by atoms with E-state index in [2.05, 4.69) is 10.6 Å². The van der Waals surface area contributed by atoms with Crippen LogP contribution in [0.15, 0.2) is 24.3 Å². The summed E-state index contributed by atoms with van der Waals surface area (Å²) in [5, 5.41) is 6.10. The lowest BCUT2D eigenvalue weighted by atomic mass is 10.1. The molecule has 1 aliphatic rings. The summed E-state index contributed by atoms with van der Waals surface area (Å²) in [6.45, 7) is 3.86. The summed E-state index contributed by atoms with van der Waals surface area (Å²) >= 11 is 0. The monoisotopic (exact) mass is 264 g/mol. The molecule has 0 aliphatic carbocycles. The zero-order valence-electron chi connectivity index (χ0n) is 11.3. The third-order valence-electron chi connectivity index (χ3n) is 3.18. The number of morpholine rings is 1. The minimum absolute atomic E-state index is 0.0920. The highest BCUT2D eigenvalue weighted by Crippen LogP contribution is 2.24. The number of nitrogens with one attached hydrogen (secondary N) is 2. The fourth-order valence-corrected chi connectivity index (χ4v) is 2.14. The highest BCUT2D eigenvalue weighted by Gasteiger charge is 2.23. The molecule has 1 saturated heterocycles. The van der Waals surface area contributed by atoms with E-state index >= 15 is 0 Å². The van der Waals surface area contributed by atoms with Crippen molar-refractivity contribution >= 4 is 5.91 Å². The SMILES string of the molecule is COc1ccccc1[C@H](C)NC(=O)C1CNCCO1. The summed E-state index contributed by atoms with van der Waals surface area (Å²) in [5.74, 6) is 0.684. The number of carbonyl (C=O) groups is 1. The molecule has 5 heteroatoms. The number of hydrogen-bond donors (Lipinski definition) is 2. The Hall–Kier alpha value is -1.59. The van der Waals surface area contributed by atoms with Crippen molar-refractivity contribution in [3.8, 4) is 5.75 Å². The van der Waals surface area contributed by atoms with Crippen LogP contribution in [-0.2, 0) is 9.53 Å². The maximum Gasteiger partial charge on any atom is 0.250 e. The topological polar surface area (TPSA) is 59.6 Å². The number of amides is 1. The summed E-state index contributed by atoms with van der Waals surface area (Å²) in [5.41, 5.74) is 0.960. The molecular formula is C14H20N2O3. The first-order chi connectivity index (χ1) is 9.22. The molecule has 5 nitrogen and oxygen atoms in total. The number of rotatable bonds is 4. The Morgan fingerprint density at radius 2 is 2.32 bits per heavy atom. The van der Waals surface area contributed by atoms with Crippen LogP contribution in [0.3, 0.4) is 0 Å². The van der Waals surface area contributed by atoms with Gasteiger partial charge >= 0.3 is 0 Å². The minimum atomic E-state index is -0.411. The Balaban J connectivity index is 1.99. The highest BCUT2D eigenvalue weighted by atomic mass is 16.5. The van der Waals surface area contributed by atoms with Crippen molar-refractivity contribution < 1.29 is 14.3 Å². The highest BCUT2D eigenvalue weighted by molar-refractivity contribution is 5.81. The van der Waals surface area contributed by atoms with Crippen molar-refractivity contribution in [2.75, 3.05) is 26.8 Å². The number of para-hydroxylation sites is 1. The lowest BCUT2D eigenvalue weighted by Crippen LogP contribution is -2.48. The van der Waals surface area contributed by atoms with E-state index in [1.54, 1.807) is 7.11 Å². The molecule has 0 saturated carbocycles. The van der Waals surface area contributed by atoms with E-state index < -0.39 is 6.10 Å². The lowest BCUT2D eigenvalue weighted by molar-refractivity contribution is -0.134. The average Bonchev–Trinajstić information content (AvgIpc) is 2.48. The van der Waals surface area contributed by atoms with Crippen LogP contribution >= 0.6 is 0 Å². The molecule has 0 spiro atoms. The van der Waals surface area contributed by atoms with Gasteiger partial charge in [-0.3, -0.25) is 4.79 Å². The molecule has 1 amide bonds. The van der Waals surface area contributed by atoms with Crippen molar-refractivity contribution in [2.24, 2.45) is 0 Å². The van der Waals surface area contributed by atoms with Gasteiger partial charge in [0.1, 0.15) is 11.9 Å². The van der Waals surface area contributed by atoms with Crippen LogP contribution < -0.4 is 15.4 Å². The first kappa shape index (κ1) is 13.8. The van der Waals surface area contributed by atoms with Gasteiger partial charge in [-0.05, 0) is 13.0 Å². The van der Waals surface area contributed by atoms with Crippen molar-refractivity contribution in [1.29, 1.82) is 0 Å². The predicted molar refractivity (Wildman–Crippen MR) is 72.2 cm³/mol. The Labute approximate surface area is 113 Å². The van der Waals surface area contributed by atoms with E-state index in [-0.39, 0.29) is 11.9 Å². The zero-order valence-corrected chi connectivity index (χ0v) is 11.3. The fourth-order valence-electron chi connectivity index (χ4n) is 2.14. The van der Waals surface area contributed by atoms with Gasteiger partial charge in [0.25, 0.3) is 5.91 Å². The van der Waals surface area contributed by atoms with Crippen LogP contribution in [0.2, 0.25) is 0 Å². The van der Waals surface area contributed by atoms with Crippen molar-refractivity contribution in [2.45, 2.75) is 19.1 Å². The van der Waals surface area contributed by atoms with E-state index in [1.165, 1.54) is 0 Å². The van der Waals surface area contributed by atoms with Gasteiger partial charge in [-0.15, -0.1) is 0 Å². The van der Waals surface area contributed by atoms with Gasteiger partial charge < -0.3 is 20.1 Å². The van der Waals surface area contributed by atoms with Crippen LogP contribution in [0.5, 0.6) is 5.75 Å². The van der Waals surface area contributed by atoms with Crippen LogP contribution in [0.25, 0.3) is 0 Å². The fraction of sp³-hybridized carbons (Fsp3) is 0.500. The van der Waals surface area contributed by atoms with Gasteiger partial charge in [0.05, 0.1) is 19.8 Å². The molecule has 1 aromatic carbocycles. The molecule has 1 unspecified atom stereocenters. The normalized spacial score (nSPS) is 20.6. The van der Waals surface area contributed by atoms with Crippen LogP contribution in [0.1, 0.15) is 18.5 Å². The minimum Gasteiger partial charge on any atom is -0.496 e. The summed E-state index contributed by atoms with van der Waals surface area (Å²) in [6, 6.07) is 7.55. The number of hydrogen-bond acceptors (Lipinski definition) is 4. The quantitative estimate of drug-likeness (QED) is 0.847. The Morgan fingerprint density at radius 3 is 3.00 bits per heavy atom. The molecule has 104 valence electrons. The Morgan fingerprint density at radius 1 is 1.53 bits per heavy atom. The molecule has 2 rings (SSSR count). The number of benzene rings is 1. The molecule has 0 radical (unpaired) electrons. The molecule has 2 atom stereocenters. The van der Waals surface area contributed by atoms with Crippen molar-refractivity contribution in [3.63, 3.8) is 0 Å².